The molecule has 0 aliphatic carbocycles. The van der Waals surface area contributed by atoms with Crippen molar-refractivity contribution in [3.63, 3.8) is 0 Å². The second-order valence-corrected chi connectivity index (χ2v) is 4.49. The van der Waals surface area contributed by atoms with Crippen LogP contribution in [0.25, 0.3) is 0 Å². The minimum absolute atomic E-state index is 0.0177. The van der Waals surface area contributed by atoms with Gasteiger partial charge in [0, 0.05) is 0 Å². The van der Waals surface area contributed by atoms with E-state index in [1.807, 2.05) is 13.8 Å². The molecule has 3 nitrogen and oxygen atoms in total. The lowest BCUT2D eigenvalue weighted by molar-refractivity contribution is 0.0892. The number of aliphatic hydroxyl groups excluding tert-OH is 1. The highest BCUT2D eigenvalue weighted by atomic mass is 19.1. The molecule has 2 N–H and O–H groups in total. The molecule has 0 fully saturated rings. The van der Waals surface area contributed by atoms with Gasteiger partial charge in [0.2, 0.25) is 0 Å². The molecule has 17 heavy (non-hydrogen) atoms. The van der Waals surface area contributed by atoms with Crippen LogP contribution in [0.4, 0.5) is 4.39 Å². The second kappa shape index (κ2) is 5.77. The number of benzene rings is 1. The van der Waals surface area contributed by atoms with Gasteiger partial charge in [0.1, 0.15) is 5.82 Å². The van der Waals surface area contributed by atoms with Crippen molar-refractivity contribution in [1.29, 1.82) is 0 Å². The molecular weight excluding hydrogens is 221 g/mol. The molecule has 94 valence electrons. The standard InChI is InChI=1S/C13H18FNO2/c1-8(2)12(7-16)15-13(17)10-6-9(3)4-5-11(10)14/h4-6,8,12,16H,7H2,1-3H3,(H,15,17). The van der Waals surface area contributed by atoms with Gasteiger partial charge in [-0.2, -0.15) is 0 Å². The summed E-state index contributed by atoms with van der Waals surface area (Å²) in [7, 11) is 0. The van der Waals surface area contributed by atoms with Crippen molar-refractivity contribution in [2.45, 2.75) is 26.8 Å². The summed E-state index contributed by atoms with van der Waals surface area (Å²) in [6, 6.07) is 4.02. The fourth-order valence-corrected chi connectivity index (χ4v) is 1.48. The Morgan fingerprint density at radius 2 is 2.12 bits per heavy atom. The van der Waals surface area contributed by atoms with Crippen molar-refractivity contribution < 1.29 is 14.3 Å². The van der Waals surface area contributed by atoms with E-state index in [1.54, 1.807) is 13.0 Å². The van der Waals surface area contributed by atoms with E-state index < -0.39 is 11.7 Å². The van der Waals surface area contributed by atoms with E-state index in [4.69, 9.17) is 5.11 Å². The highest BCUT2D eigenvalue weighted by Crippen LogP contribution is 2.11. The summed E-state index contributed by atoms with van der Waals surface area (Å²) in [5, 5.41) is 11.7. The number of hydrogen-bond acceptors (Lipinski definition) is 2. The lowest BCUT2D eigenvalue weighted by atomic mass is 10.0. The Morgan fingerprint density at radius 1 is 1.47 bits per heavy atom. The van der Waals surface area contributed by atoms with Gasteiger partial charge in [0.05, 0.1) is 18.2 Å². The van der Waals surface area contributed by atoms with E-state index in [-0.39, 0.29) is 24.1 Å². The van der Waals surface area contributed by atoms with E-state index in [9.17, 15) is 9.18 Å². The molecule has 4 heteroatoms. The largest absolute Gasteiger partial charge is 0.394 e. The van der Waals surface area contributed by atoms with Crippen LogP contribution in [0.1, 0.15) is 29.8 Å². The van der Waals surface area contributed by atoms with Crippen LogP contribution in [0.2, 0.25) is 0 Å². The van der Waals surface area contributed by atoms with Crippen LogP contribution in [0.15, 0.2) is 18.2 Å². The summed E-state index contributed by atoms with van der Waals surface area (Å²) < 4.78 is 13.5. The number of halogens is 1. The van der Waals surface area contributed by atoms with E-state index in [0.717, 1.165) is 5.56 Å². The van der Waals surface area contributed by atoms with Crippen LogP contribution in [-0.4, -0.2) is 23.7 Å². The molecule has 1 unspecified atom stereocenters. The van der Waals surface area contributed by atoms with Crippen LogP contribution in [0.5, 0.6) is 0 Å². The molecule has 0 bridgehead atoms. The summed E-state index contributed by atoms with van der Waals surface area (Å²) in [6.07, 6.45) is 0. The average Bonchev–Trinajstić information content (AvgIpc) is 2.28. The molecule has 1 aromatic carbocycles. The van der Waals surface area contributed by atoms with Gasteiger partial charge in [0.25, 0.3) is 5.91 Å². The minimum atomic E-state index is -0.548. The Kier molecular flexibility index (Phi) is 4.63. The second-order valence-electron chi connectivity index (χ2n) is 4.49. The van der Waals surface area contributed by atoms with E-state index in [2.05, 4.69) is 5.32 Å². The number of aliphatic hydroxyl groups is 1. The molecule has 0 aromatic heterocycles. The normalized spacial score (nSPS) is 12.6. The summed E-state index contributed by atoms with van der Waals surface area (Å²) in [6.45, 7) is 5.40. The quantitative estimate of drug-likeness (QED) is 0.842. The number of aryl methyl sites for hydroxylation is 1. The van der Waals surface area contributed by atoms with E-state index in [0.29, 0.717) is 0 Å². The molecular formula is C13H18FNO2. The molecule has 0 aliphatic rings. The highest BCUT2D eigenvalue weighted by Gasteiger charge is 2.18. The van der Waals surface area contributed by atoms with Gasteiger partial charge in [-0.1, -0.05) is 25.5 Å². The van der Waals surface area contributed by atoms with Crippen LogP contribution in [-0.2, 0) is 0 Å². The molecule has 0 spiro atoms. The van der Waals surface area contributed by atoms with Crippen molar-refractivity contribution in [2.75, 3.05) is 6.61 Å². The summed E-state index contributed by atoms with van der Waals surface area (Å²) >= 11 is 0. The Hall–Kier alpha value is -1.42. The number of nitrogens with one attached hydrogen (secondary N) is 1. The molecule has 0 radical (unpaired) electrons. The van der Waals surface area contributed by atoms with Crippen LogP contribution in [0.3, 0.4) is 0 Å². The first-order valence-corrected chi connectivity index (χ1v) is 5.63. The Morgan fingerprint density at radius 3 is 2.65 bits per heavy atom. The van der Waals surface area contributed by atoms with Gasteiger partial charge in [0.15, 0.2) is 0 Å². The van der Waals surface area contributed by atoms with Crippen LogP contribution >= 0.6 is 0 Å². The molecule has 1 amide bonds. The zero-order chi connectivity index (χ0) is 13.0. The van der Waals surface area contributed by atoms with Gasteiger partial charge in [-0.3, -0.25) is 4.79 Å². The molecule has 0 saturated carbocycles. The fraction of sp³-hybridized carbons (Fsp3) is 0.462. The van der Waals surface area contributed by atoms with Gasteiger partial charge in [-0.15, -0.1) is 0 Å². The minimum Gasteiger partial charge on any atom is -0.394 e. The Labute approximate surface area is 101 Å². The summed E-state index contributed by atoms with van der Waals surface area (Å²) in [4.78, 5) is 11.8. The van der Waals surface area contributed by atoms with Gasteiger partial charge in [-0.05, 0) is 25.0 Å². The molecule has 0 aliphatic heterocycles. The Balaban J connectivity index is 2.86. The van der Waals surface area contributed by atoms with Crippen molar-refractivity contribution >= 4 is 5.91 Å². The van der Waals surface area contributed by atoms with Crippen LogP contribution < -0.4 is 5.32 Å². The van der Waals surface area contributed by atoms with Crippen molar-refractivity contribution in [3.05, 3.63) is 35.1 Å². The zero-order valence-electron chi connectivity index (χ0n) is 10.3. The molecule has 1 atom stereocenters. The first-order chi connectivity index (χ1) is 7.95. The third kappa shape index (κ3) is 3.53. The number of hydrogen-bond donors (Lipinski definition) is 2. The van der Waals surface area contributed by atoms with Crippen molar-refractivity contribution in [2.24, 2.45) is 5.92 Å². The number of amides is 1. The van der Waals surface area contributed by atoms with Gasteiger partial charge < -0.3 is 10.4 Å². The van der Waals surface area contributed by atoms with E-state index >= 15 is 0 Å². The van der Waals surface area contributed by atoms with Gasteiger partial charge in [-0.25, -0.2) is 4.39 Å². The predicted octanol–water partition coefficient (Wildman–Crippen LogP) is 1.88. The van der Waals surface area contributed by atoms with E-state index in [1.165, 1.54) is 12.1 Å². The maximum absolute atomic E-state index is 13.5. The monoisotopic (exact) mass is 239 g/mol. The Bertz CT molecular complexity index is 404. The number of rotatable bonds is 4. The third-order valence-electron chi connectivity index (χ3n) is 2.68. The number of carbonyl (C=O) groups excluding carboxylic acids is 1. The number of carbonyl (C=O) groups is 1. The predicted molar refractivity (Wildman–Crippen MR) is 64.3 cm³/mol. The van der Waals surface area contributed by atoms with Crippen molar-refractivity contribution in [3.8, 4) is 0 Å². The maximum atomic E-state index is 13.5. The highest BCUT2D eigenvalue weighted by molar-refractivity contribution is 5.94. The molecule has 1 rings (SSSR count). The first-order valence-electron chi connectivity index (χ1n) is 5.63. The fourth-order valence-electron chi connectivity index (χ4n) is 1.48. The SMILES string of the molecule is Cc1ccc(F)c(C(=O)NC(CO)C(C)C)c1. The topological polar surface area (TPSA) is 49.3 Å². The van der Waals surface area contributed by atoms with Crippen molar-refractivity contribution in [1.82, 2.24) is 5.32 Å². The molecule has 1 aromatic rings. The zero-order valence-corrected chi connectivity index (χ0v) is 10.3. The first kappa shape index (κ1) is 13.6. The summed E-state index contributed by atoms with van der Waals surface area (Å²) in [5.41, 5.74) is 0.839. The van der Waals surface area contributed by atoms with Gasteiger partial charge >= 0.3 is 0 Å². The van der Waals surface area contributed by atoms with Crippen LogP contribution in [0, 0.1) is 18.7 Å². The lowest BCUT2D eigenvalue weighted by Crippen LogP contribution is -2.41. The smallest absolute Gasteiger partial charge is 0.254 e. The average molecular weight is 239 g/mol. The maximum Gasteiger partial charge on any atom is 0.254 e. The third-order valence-corrected chi connectivity index (χ3v) is 2.68. The molecule has 0 heterocycles. The molecule has 0 saturated heterocycles. The lowest BCUT2D eigenvalue weighted by Gasteiger charge is -2.20. The summed E-state index contributed by atoms with van der Waals surface area (Å²) in [5.74, 6) is -0.940.